The minimum atomic E-state index is -0.447. The molecule has 2 rings (SSSR count). The molecule has 0 radical (unpaired) electrons. The molecule has 0 aliphatic rings. The van der Waals surface area contributed by atoms with Gasteiger partial charge in [0.25, 0.3) is 5.91 Å². The molecule has 0 unspecified atom stereocenters. The number of rotatable bonds is 3. The maximum Gasteiger partial charge on any atom is 0.252 e. The van der Waals surface area contributed by atoms with E-state index in [-0.39, 0.29) is 12.5 Å². The summed E-state index contributed by atoms with van der Waals surface area (Å²) in [5.74, 6) is -0.0896. The van der Waals surface area contributed by atoms with Crippen molar-refractivity contribution in [2.24, 2.45) is 0 Å². The summed E-state index contributed by atoms with van der Waals surface area (Å²) < 4.78 is 13.9. The smallest absolute Gasteiger partial charge is 0.252 e. The lowest BCUT2D eigenvalue weighted by Crippen LogP contribution is -2.24. The topological polar surface area (TPSA) is 57.8 Å². The summed E-state index contributed by atoms with van der Waals surface area (Å²) in [4.78, 5) is 19.5. The number of aryl methyl sites for hydroxylation is 2. The lowest BCUT2D eigenvalue weighted by Gasteiger charge is -2.08. The lowest BCUT2D eigenvalue weighted by atomic mass is 10.1. The average molecular weight is 340 g/mol. The van der Waals surface area contributed by atoms with Crippen molar-refractivity contribution in [3.63, 3.8) is 0 Å². The van der Waals surface area contributed by atoms with E-state index < -0.39 is 5.82 Å². The Morgan fingerprint density at radius 1 is 1.40 bits per heavy atom. The molecular formula is C14H15BrFN3O. The first-order valence-electron chi connectivity index (χ1n) is 6.14. The summed E-state index contributed by atoms with van der Waals surface area (Å²) in [7, 11) is 0. The molecule has 0 aliphatic carbocycles. The van der Waals surface area contributed by atoms with Crippen LogP contribution in [0.3, 0.4) is 0 Å². The van der Waals surface area contributed by atoms with Gasteiger partial charge in [0, 0.05) is 15.7 Å². The highest BCUT2D eigenvalue weighted by atomic mass is 79.9. The van der Waals surface area contributed by atoms with Crippen molar-refractivity contribution in [3.05, 3.63) is 50.8 Å². The number of hydrogen-bond donors (Lipinski definition) is 2. The zero-order chi connectivity index (χ0) is 14.9. The second-order valence-corrected chi connectivity index (χ2v) is 5.49. The highest BCUT2D eigenvalue weighted by molar-refractivity contribution is 9.10. The Labute approximate surface area is 124 Å². The molecule has 0 aliphatic heterocycles. The van der Waals surface area contributed by atoms with Crippen molar-refractivity contribution in [3.8, 4) is 0 Å². The summed E-state index contributed by atoms with van der Waals surface area (Å²) >= 11 is 3.24. The van der Waals surface area contributed by atoms with Crippen molar-refractivity contribution >= 4 is 21.8 Å². The molecule has 4 nitrogen and oxygen atoms in total. The van der Waals surface area contributed by atoms with Crippen LogP contribution in [0.5, 0.6) is 0 Å². The Kier molecular flexibility index (Phi) is 4.23. The minimum absolute atomic E-state index is 0.279. The van der Waals surface area contributed by atoms with Gasteiger partial charge in [-0.05, 0) is 38.5 Å². The fourth-order valence-corrected chi connectivity index (χ4v) is 2.28. The first-order valence-corrected chi connectivity index (χ1v) is 6.93. The Balaban J connectivity index is 2.13. The predicted molar refractivity (Wildman–Crippen MR) is 78.1 cm³/mol. The van der Waals surface area contributed by atoms with Crippen molar-refractivity contribution in [1.29, 1.82) is 0 Å². The standard InChI is InChI=1S/C14H15BrFN3O/c1-7-11(4-10(16)5-12(7)15)14(20)17-6-13-18-8(2)9(3)19-13/h4-5H,6H2,1-3H3,(H,17,20)(H,18,19). The fourth-order valence-electron chi connectivity index (χ4n) is 1.85. The second-order valence-electron chi connectivity index (χ2n) is 4.64. The highest BCUT2D eigenvalue weighted by Crippen LogP contribution is 2.21. The number of carbonyl (C=O) groups is 1. The van der Waals surface area contributed by atoms with E-state index in [1.165, 1.54) is 12.1 Å². The maximum atomic E-state index is 13.4. The van der Waals surface area contributed by atoms with Crippen LogP contribution in [0.2, 0.25) is 0 Å². The Hall–Kier alpha value is -1.69. The third-order valence-corrected chi connectivity index (χ3v) is 3.97. The van der Waals surface area contributed by atoms with Gasteiger partial charge in [-0.2, -0.15) is 0 Å². The molecule has 1 heterocycles. The number of halogens is 2. The number of aromatic amines is 1. The summed E-state index contributed by atoms with van der Waals surface area (Å²) in [5.41, 5.74) is 2.89. The van der Waals surface area contributed by atoms with Crippen LogP contribution in [-0.4, -0.2) is 15.9 Å². The van der Waals surface area contributed by atoms with Gasteiger partial charge in [-0.1, -0.05) is 15.9 Å². The summed E-state index contributed by atoms with van der Waals surface area (Å²) in [5, 5.41) is 2.73. The molecule has 106 valence electrons. The number of carbonyl (C=O) groups excluding carboxylic acids is 1. The molecular weight excluding hydrogens is 325 g/mol. The molecule has 0 bridgehead atoms. The van der Waals surface area contributed by atoms with Crippen LogP contribution in [0.25, 0.3) is 0 Å². The van der Waals surface area contributed by atoms with E-state index >= 15 is 0 Å². The Morgan fingerprint density at radius 2 is 2.10 bits per heavy atom. The zero-order valence-electron chi connectivity index (χ0n) is 11.5. The monoisotopic (exact) mass is 339 g/mol. The largest absolute Gasteiger partial charge is 0.345 e. The number of imidazole rings is 1. The molecule has 2 N–H and O–H groups in total. The van der Waals surface area contributed by atoms with Crippen LogP contribution in [-0.2, 0) is 6.54 Å². The molecule has 1 aromatic carbocycles. The van der Waals surface area contributed by atoms with Gasteiger partial charge >= 0.3 is 0 Å². The normalized spacial score (nSPS) is 10.7. The van der Waals surface area contributed by atoms with Gasteiger partial charge in [0.1, 0.15) is 11.6 Å². The number of nitrogens with zero attached hydrogens (tertiary/aromatic N) is 1. The number of nitrogens with one attached hydrogen (secondary N) is 2. The van der Waals surface area contributed by atoms with Gasteiger partial charge in [0.05, 0.1) is 12.2 Å². The quantitative estimate of drug-likeness (QED) is 0.902. The summed E-state index contributed by atoms with van der Waals surface area (Å²) in [6.07, 6.45) is 0. The predicted octanol–water partition coefficient (Wildman–Crippen LogP) is 3.17. The number of hydrogen-bond acceptors (Lipinski definition) is 2. The van der Waals surface area contributed by atoms with Crippen LogP contribution in [0.1, 0.15) is 33.1 Å². The zero-order valence-corrected chi connectivity index (χ0v) is 13.1. The number of aromatic nitrogens is 2. The van der Waals surface area contributed by atoms with Gasteiger partial charge in [0.2, 0.25) is 0 Å². The van der Waals surface area contributed by atoms with Gasteiger partial charge in [-0.3, -0.25) is 4.79 Å². The average Bonchev–Trinajstić information content (AvgIpc) is 2.70. The Morgan fingerprint density at radius 3 is 2.70 bits per heavy atom. The van der Waals surface area contributed by atoms with E-state index in [0.29, 0.717) is 21.4 Å². The van der Waals surface area contributed by atoms with E-state index in [1.807, 2.05) is 13.8 Å². The lowest BCUT2D eigenvalue weighted by molar-refractivity contribution is 0.0948. The molecule has 6 heteroatoms. The van der Waals surface area contributed by atoms with Crippen LogP contribution in [0.15, 0.2) is 16.6 Å². The molecule has 0 saturated heterocycles. The first kappa shape index (κ1) is 14.7. The fraction of sp³-hybridized carbons (Fsp3) is 0.286. The number of benzene rings is 1. The van der Waals surface area contributed by atoms with Crippen LogP contribution < -0.4 is 5.32 Å². The van der Waals surface area contributed by atoms with Crippen molar-refractivity contribution in [2.45, 2.75) is 27.3 Å². The molecule has 0 atom stereocenters. The van der Waals surface area contributed by atoms with Gasteiger partial charge < -0.3 is 10.3 Å². The summed E-state index contributed by atoms with van der Waals surface area (Å²) in [6, 6.07) is 2.57. The van der Waals surface area contributed by atoms with Crippen LogP contribution >= 0.6 is 15.9 Å². The van der Waals surface area contributed by atoms with Crippen molar-refractivity contribution < 1.29 is 9.18 Å². The number of H-pyrrole nitrogens is 1. The van der Waals surface area contributed by atoms with Crippen LogP contribution in [0, 0.1) is 26.6 Å². The molecule has 1 aromatic heterocycles. The molecule has 0 saturated carbocycles. The second kappa shape index (κ2) is 5.75. The SMILES string of the molecule is Cc1nc(CNC(=O)c2cc(F)cc(Br)c2C)[nH]c1C. The third-order valence-electron chi connectivity index (χ3n) is 3.15. The van der Waals surface area contributed by atoms with Gasteiger partial charge in [-0.25, -0.2) is 9.37 Å². The van der Waals surface area contributed by atoms with Crippen molar-refractivity contribution in [2.75, 3.05) is 0 Å². The molecule has 2 aromatic rings. The maximum absolute atomic E-state index is 13.4. The van der Waals surface area contributed by atoms with E-state index in [1.54, 1.807) is 6.92 Å². The van der Waals surface area contributed by atoms with E-state index in [4.69, 9.17) is 0 Å². The molecule has 0 fully saturated rings. The van der Waals surface area contributed by atoms with E-state index in [9.17, 15) is 9.18 Å². The summed E-state index contributed by atoms with van der Waals surface area (Å²) in [6.45, 7) is 5.85. The first-order chi connectivity index (χ1) is 9.38. The van der Waals surface area contributed by atoms with E-state index in [0.717, 1.165) is 11.4 Å². The van der Waals surface area contributed by atoms with Gasteiger partial charge in [0.15, 0.2) is 0 Å². The van der Waals surface area contributed by atoms with E-state index in [2.05, 4.69) is 31.2 Å². The molecule has 0 spiro atoms. The molecule has 20 heavy (non-hydrogen) atoms. The number of amides is 1. The van der Waals surface area contributed by atoms with Crippen molar-refractivity contribution in [1.82, 2.24) is 15.3 Å². The molecule has 1 amide bonds. The van der Waals surface area contributed by atoms with Gasteiger partial charge in [-0.15, -0.1) is 0 Å². The Bertz CT molecular complexity index is 647. The van der Waals surface area contributed by atoms with Crippen LogP contribution in [0.4, 0.5) is 4.39 Å². The highest BCUT2D eigenvalue weighted by Gasteiger charge is 2.13. The third kappa shape index (κ3) is 3.07. The minimum Gasteiger partial charge on any atom is -0.345 e.